The summed E-state index contributed by atoms with van der Waals surface area (Å²) in [6.07, 6.45) is 9.02. The van der Waals surface area contributed by atoms with Crippen LogP contribution in [0.2, 0.25) is 5.02 Å². The molecule has 0 N–H and O–H groups in total. The molecule has 1 amide bonds. The van der Waals surface area contributed by atoms with Crippen LogP contribution in [0.4, 0.5) is 11.5 Å². The van der Waals surface area contributed by atoms with Crippen LogP contribution in [0.3, 0.4) is 0 Å². The summed E-state index contributed by atoms with van der Waals surface area (Å²) in [4.78, 5) is 31.2. The quantitative estimate of drug-likeness (QED) is 0.255. The molecule has 242 valence electrons. The lowest BCUT2D eigenvalue weighted by atomic mass is 9.89. The number of amides is 1. The van der Waals surface area contributed by atoms with Crippen molar-refractivity contribution in [2.24, 2.45) is 5.92 Å². The molecule has 3 heterocycles. The monoisotopic (exact) mass is 641 g/mol. The van der Waals surface area contributed by atoms with Crippen LogP contribution in [0.5, 0.6) is 6.01 Å². The molecule has 46 heavy (non-hydrogen) atoms. The average molecular weight is 642 g/mol. The van der Waals surface area contributed by atoms with E-state index < -0.39 is 0 Å². The normalized spacial score (nSPS) is 18.8. The molecule has 6 rings (SSSR count). The summed E-state index contributed by atoms with van der Waals surface area (Å²) in [5.41, 5.74) is 3.13. The van der Waals surface area contributed by atoms with Gasteiger partial charge in [0.25, 0.3) is 0 Å². The molecule has 0 bridgehead atoms. The van der Waals surface area contributed by atoms with Gasteiger partial charge in [-0.15, -0.1) is 0 Å². The fourth-order valence-electron chi connectivity index (χ4n) is 7.39. The molecule has 2 fully saturated rings. The molecule has 1 aliphatic carbocycles. The minimum Gasteiger partial charge on any atom is -0.462 e. The standard InChI is InChI=1S/C36H44ClN7O2/c1-3-33(45)44-20-19-43(24-28(44)15-17-38)35-29-16-18-42(32-14-8-12-27-11-7-13-30(37)34(27)32)25-31(29)39-36(40-35)46-22-21-41(2)23-26-9-5-4-6-10-26/h3,7-8,11-14,26,28H,1,4-6,9-10,15-16,18-25H2,2H3/t28-/m0/s1. The van der Waals surface area contributed by atoms with Gasteiger partial charge in [-0.05, 0) is 55.8 Å². The number of nitriles is 1. The van der Waals surface area contributed by atoms with E-state index >= 15 is 0 Å². The maximum Gasteiger partial charge on any atom is 0.318 e. The Hall–Kier alpha value is -3.87. The minimum atomic E-state index is -0.245. The summed E-state index contributed by atoms with van der Waals surface area (Å²) < 4.78 is 6.28. The van der Waals surface area contributed by atoms with E-state index in [4.69, 9.17) is 26.3 Å². The van der Waals surface area contributed by atoms with Gasteiger partial charge < -0.3 is 24.3 Å². The SMILES string of the molecule is C=CC(=O)N1CCN(c2nc(OCCN(C)CC3CCCCC3)nc3c2CCN(c2cccc4cccc(Cl)c24)C3)C[C@@H]1CC#N. The Bertz CT molecular complexity index is 1600. The number of likely N-dealkylation sites (N-methyl/N-ethyl adjacent to an activating group) is 1. The maximum atomic E-state index is 12.6. The molecule has 1 saturated carbocycles. The van der Waals surface area contributed by atoms with E-state index in [1.807, 2.05) is 12.1 Å². The predicted molar refractivity (Wildman–Crippen MR) is 183 cm³/mol. The Morgan fingerprint density at radius 1 is 1.13 bits per heavy atom. The third-order valence-corrected chi connectivity index (χ3v) is 10.1. The van der Waals surface area contributed by atoms with Crippen LogP contribution in [0.15, 0.2) is 49.1 Å². The third-order valence-electron chi connectivity index (χ3n) is 9.76. The van der Waals surface area contributed by atoms with Gasteiger partial charge in [-0.25, -0.2) is 0 Å². The summed E-state index contributed by atoms with van der Waals surface area (Å²) in [7, 11) is 2.17. The molecule has 1 aromatic heterocycles. The highest BCUT2D eigenvalue weighted by Gasteiger charge is 2.33. The van der Waals surface area contributed by atoms with Gasteiger partial charge in [-0.2, -0.15) is 15.2 Å². The number of nitrogens with zero attached hydrogens (tertiary/aromatic N) is 7. The fraction of sp³-hybridized carbons (Fsp3) is 0.500. The molecule has 10 heteroatoms. The third kappa shape index (κ3) is 7.08. The van der Waals surface area contributed by atoms with Crippen LogP contribution in [0.1, 0.15) is 49.8 Å². The van der Waals surface area contributed by atoms with Gasteiger partial charge in [-0.3, -0.25) is 4.79 Å². The van der Waals surface area contributed by atoms with Crippen LogP contribution in [0.25, 0.3) is 10.8 Å². The van der Waals surface area contributed by atoms with Crippen LogP contribution in [-0.4, -0.2) is 84.6 Å². The lowest BCUT2D eigenvalue weighted by Crippen LogP contribution is -2.55. The zero-order chi connectivity index (χ0) is 32.0. The van der Waals surface area contributed by atoms with Crippen LogP contribution in [-0.2, 0) is 17.8 Å². The minimum absolute atomic E-state index is 0.143. The first-order valence-electron chi connectivity index (χ1n) is 16.6. The van der Waals surface area contributed by atoms with Crippen LogP contribution in [0, 0.1) is 17.2 Å². The first-order valence-corrected chi connectivity index (χ1v) is 17.0. The number of carbonyl (C=O) groups excluding carboxylic acids is 1. The molecule has 0 unspecified atom stereocenters. The van der Waals surface area contributed by atoms with Crippen molar-refractivity contribution in [2.75, 3.05) is 62.7 Å². The molecule has 2 aliphatic heterocycles. The highest BCUT2D eigenvalue weighted by molar-refractivity contribution is 6.36. The average Bonchev–Trinajstić information content (AvgIpc) is 3.08. The van der Waals surface area contributed by atoms with E-state index in [1.165, 1.54) is 38.2 Å². The van der Waals surface area contributed by atoms with Crippen molar-refractivity contribution < 1.29 is 9.53 Å². The molecule has 1 saturated heterocycles. The Labute approximate surface area is 277 Å². The zero-order valence-electron chi connectivity index (χ0n) is 26.8. The van der Waals surface area contributed by atoms with Crippen molar-refractivity contribution in [2.45, 2.75) is 57.5 Å². The summed E-state index contributed by atoms with van der Waals surface area (Å²) >= 11 is 6.72. The number of carbonyl (C=O) groups is 1. The highest BCUT2D eigenvalue weighted by Crippen LogP contribution is 2.37. The number of hydrogen-bond acceptors (Lipinski definition) is 8. The number of rotatable bonds is 10. The fourth-order valence-corrected chi connectivity index (χ4v) is 7.67. The van der Waals surface area contributed by atoms with Crippen LogP contribution >= 0.6 is 11.6 Å². The van der Waals surface area contributed by atoms with Gasteiger partial charge >= 0.3 is 6.01 Å². The number of piperazine rings is 1. The molecule has 1 atom stereocenters. The van der Waals surface area contributed by atoms with E-state index in [0.29, 0.717) is 38.8 Å². The van der Waals surface area contributed by atoms with Gasteiger partial charge in [0.15, 0.2) is 0 Å². The van der Waals surface area contributed by atoms with Crippen molar-refractivity contribution in [1.82, 2.24) is 19.8 Å². The highest BCUT2D eigenvalue weighted by atomic mass is 35.5. The smallest absolute Gasteiger partial charge is 0.318 e. The molecular formula is C36H44ClN7O2. The molecule has 2 aromatic carbocycles. The van der Waals surface area contributed by atoms with E-state index in [-0.39, 0.29) is 18.4 Å². The Balaban J connectivity index is 1.26. The summed E-state index contributed by atoms with van der Waals surface area (Å²) in [6, 6.07) is 14.7. The van der Waals surface area contributed by atoms with E-state index in [0.717, 1.165) is 70.5 Å². The van der Waals surface area contributed by atoms with Crippen molar-refractivity contribution in [3.05, 3.63) is 65.3 Å². The Kier molecular flexibility index (Phi) is 10.3. The molecule has 9 nitrogen and oxygen atoms in total. The van der Waals surface area contributed by atoms with Gasteiger partial charge in [-0.1, -0.05) is 61.7 Å². The van der Waals surface area contributed by atoms with Crippen molar-refractivity contribution in [1.29, 1.82) is 5.26 Å². The first kappa shape index (κ1) is 32.1. The second kappa shape index (κ2) is 14.7. The number of anilines is 2. The second-order valence-corrected chi connectivity index (χ2v) is 13.3. The van der Waals surface area contributed by atoms with E-state index in [9.17, 15) is 10.1 Å². The van der Waals surface area contributed by atoms with Gasteiger partial charge in [0.1, 0.15) is 12.4 Å². The number of hydrogen-bond donors (Lipinski definition) is 0. The first-order chi connectivity index (χ1) is 22.4. The molecule has 3 aromatic rings. The number of benzene rings is 2. The summed E-state index contributed by atoms with van der Waals surface area (Å²) in [5, 5.41) is 12.5. The summed E-state index contributed by atoms with van der Waals surface area (Å²) in [6.45, 7) is 9.08. The maximum absolute atomic E-state index is 12.6. The largest absolute Gasteiger partial charge is 0.462 e. The van der Waals surface area contributed by atoms with Crippen molar-refractivity contribution >= 4 is 39.8 Å². The van der Waals surface area contributed by atoms with E-state index in [2.05, 4.69) is 58.7 Å². The predicted octanol–water partition coefficient (Wildman–Crippen LogP) is 5.85. The zero-order valence-corrected chi connectivity index (χ0v) is 27.6. The van der Waals surface area contributed by atoms with Crippen LogP contribution < -0.4 is 14.5 Å². The molecule has 0 spiro atoms. The number of ether oxygens (including phenoxy) is 1. The van der Waals surface area contributed by atoms with Gasteiger partial charge in [0.2, 0.25) is 5.91 Å². The molecule has 3 aliphatic rings. The van der Waals surface area contributed by atoms with Gasteiger partial charge in [0.05, 0.1) is 35.8 Å². The number of fused-ring (bicyclic) bond motifs is 2. The lowest BCUT2D eigenvalue weighted by Gasteiger charge is -2.42. The van der Waals surface area contributed by atoms with E-state index in [1.54, 1.807) is 4.90 Å². The van der Waals surface area contributed by atoms with Crippen molar-refractivity contribution in [3.8, 4) is 12.1 Å². The topological polar surface area (TPSA) is 88.8 Å². The Morgan fingerprint density at radius 3 is 2.72 bits per heavy atom. The molecule has 0 radical (unpaired) electrons. The lowest BCUT2D eigenvalue weighted by molar-refractivity contribution is -0.128. The van der Waals surface area contributed by atoms with Crippen molar-refractivity contribution in [3.63, 3.8) is 0 Å². The molecular weight excluding hydrogens is 598 g/mol. The number of aromatic nitrogens is 2. The summed E-state index contributed by atoms with van der Waals surface area (Å²) in [5.74, 6) is 1.47. The van der Waals surface area contributed by atoms with Gasteiger partial charge in [0, 0.05) is 55.9 Å². The Morgan fingerprint density at radius 2 is 1.93 bits per heavy atom. The number of halogens is 1. The second-order valence-electron chi connectivity index (χ2n) is 12.9.